The molecule has 3 amide bonds. The number of aromatic hydroxyl groups is 1. The van der Waals surface area contributed by atoms with E-state index < -0.39 is 59.9 Å². The van der Waals surface area contributed by atoms with Gasteiger partial charge in [-0.15, -0.1) is 0 Å². The van der Waals surface area contributed by atoms with Crippen LogP contribution in [-0.4, -0.2) is 64.2 Å². The van der Waals surface area contributed by atoms with Gasteiger partial charge in [-0.25, -0.2) is 0 Å². The SMILES string of the molecule is CC1NC(=O)C(C2CCC2)OC(=O)C(C)C(O)C(Cc2ccccc2)NC(=O)C1NC(=O)c1ccccc1O. The molecule has 6 unspecified atom stereocenters. The number of rotatable bonds is 5. The first kappa shape index (κ1) is 28.1. The average molecular weight is 538 g/mol. The zero-order valence-corrected chi connectivity index (χ0v) is 22.0. The fourth-order valence-electron chi connectivity index (χ4n) is 4.92. The molecule has 10 heteroatoms. The Hall–Kier alpha value is -3.92. The number of hydrogen-bond donors (Lipinski definition) is 5. The molecule has 2 fully saturated rings. The lowest BCUT2D eigenvalue weighted by Crippen LogP contribution is -2.63. The van der Waals surface area contributed by atoms with Crippen LogP contribution in [0.4, 0.5) is 0 Å². The van der Waals surface area contributed by atoms with Gasteiger partial charge in [-0.1, -0.05) is 48.9 Å². The van der Waals surface area contributed by atoms with Crippen molar-refractivity contribution in [1.82, 2.24) is 16.0 Å². The van der Waals surface area contributed by atoms with Gasteiger partial charge in [0.15, 0.2) is 6.10 Å². The monoisotopic (exact) mass is 537 g/mol. The van der Waals surface area contributed by atoms with Crippen molar-refractivity contribution in [2.45, 2.75) is 69.9 Å². The number of phenolic OH excluding ortho intramolecular Hbond substituents is 1. The van der Waals surface area contributed by atoms with Gasteiger partial charge in [-0.2, -0.15) is 0 Å². The number of aliphatic hydroxyl groups excluding tert-OH is 1. The third-order valence-corrected chi connectivity index (χ3v) is 7.59. The highest BCUT2D eigenvalue weighted by molar-refractivity contribution is 6.00. The van der Waals surface area contributed by atoms with Crippen molar-refractivity contribution in [3.8, 4) is 5.75 Å². The Bertz CT molecular complexity index is 1200. The van der Waals surface area contributed by atoms with Gasteiger partial charge in [-0.05, 0) is 50.8 Å². The lowest BCUT2D eigenvalue weighted by Gasteiger charge is -2.37. The first-order valence-electron chi connectivity index (χ1n) is 13.3. The first-order chi connectivity index (χ1) is 18.7. The van der Waals surface area contributed by atoms with Crippen LogP contribution in [0.5, 0.6) is 5.75 Å². The number of benzene rings is 2. The van der Waals surface area contributed by atoms with E-state index in [1.54, 1.807) is 19.1 Å². The van der Waals surface area contributed by atoms with E-state index in [1.807, 2.05) is 30.3 Å². The normalized spacial score (nSPS) is 28.5. The second-order valence-corrected chi connectivity index (χ2v) is 10.4. The number of hydrogen-bond acceptors (Lipinski definition) is 7. The number of para-hydroxylation sites is 1. The Labute approximate surface area is 227 Å². The molecule has 0 radical (unpaired) electrons. The van der Waals surface area contributed by atoms with Crippen molar-refractivity contribution in [1.29, 1.82) is 0 Å². The molecule has 10 nitrogen and oxygen atoms in total. The number of amides is 3. The maximum Gasteiger partial charge on any atom is 0.312 e. The van der Waals surface area contributed by atoms with Crippen molar-refractivity contribution < 1.29 is 34.1 Å². The molecule has 1 aliphatic carbocycles. The largest absolute Gasteiger partial charge is 0.507 e. The Morgan fingerprint density at radius 1 is 0.974 bits per heavy atom. The second kappa shape index (κ2) is 12.3. The van der Waals surface area contributed by atoms with Gasteiger partial charge >= 0.3 is 5.97 Å². The van der Waals surface area contributed by atoms with E-state index in [1.165, 1.54) is 19.1 Å². The lowest BCUT2D eigenvalue weighted by atomic mass is 9.80. The predicted octanol–water partition coefficient (Wildman–Crippen LogP) is 1.45. The quantitative estimate of drug-likeness (QED) is 0.362. The Morgan fingerprint density at radius 2 is 1.64 bits per heavy atom. The molecular formula is C29H35N3O7. The minimum absolute atomic E-state index is 0.0364. The van der Waals surface area contributed by atoms with Crippen molar-refractivity contribution in [3.05, 3.63) is 65.7 Å². The highest BCUT2D eigenvalue weighted by Gasteiger charge is 2.42. The van der Waals surface area contributed by atoms with E-state index >= 15 is 0 Å². The molecule has 208 valence electrons. The van der Waals surface area contributed by atoms with Crippen LogP contribution in [-0.2, 0) is 25.5 Å². The molecule has 2 aliphatic rings. The van der Waals surface area contributed by atoms with Gasteiger partial charge in [0.25, 0.3) is 11.8 Å². The van der Waals surface area contributed by atoms with Crippen LogP contribution >= 0.6 is 0 Å². The van der Waals surface area contributed by atoms with Crippen LogP contribution < -0.4 is 16.0 Å². The van der Waals surface area contributed by atoms with E-state index in [4.69, 9.17) is 4.74 Å². The highest BCUT2D eigenvalue weighted by Crippen LogP contribution is 2.32. The summed E-state index contributed by atoms with van der Waals surface area (Å²) >= 11 is 0. The van der Waals surface area contributed by atoms with Crippen LogP contribution in [0.25, 0.3) is 0 Å². The third kappa shape index (κ3) is 6.57. The zero-order chi connectivity index (χ0) is 28.1. The van der Waals surface area contributed by atoms with Crippen LogP contribution in [0.15, 0.2) is 54.6 Å². The van der Waals surface area contributed by atoms with Gasteiger partial charge in [-0.3, -0.25) is 19.2 Å². The number of aliphatic hydroxyl groups is 1. The molecule has 6 atom stereocenters. The molecule has 1 saturated heterocycles. The molecule has 1 heterocycles. The molecule has 2 aromatic carbocycles. The summed E-state index contributed by atoms with van der Waals surface area (Å²) in [6.45, 7) is 3.06. The van der Waals surface area contributed by atoms with Crippen molar-refractivity contribution >= 4 is 23.7 Å². The number of ether oxygens (including phenoxy) is 1. The molecule has 2 aromatic rings. The highest BCUT2D eigenvalue weighted by atomic mass is 16.5. The number of cyclic esters (lactones) is 1. The van der Waals surface area contributed by atoms with Crippen molar-refractivity contribution in [2.75, 3.05) is 0 Å². The second-order valence-electron chi connectivity index (χ2n) is 10.4. The standard InChI is InChI=1S/C29H35N3O7/c1-16-24(34)21(15-18-9-4-3-5-10-18)31-27(36)23(32-26(35)20-13-6-7-14-22(20)33)17(2)30-28(37)25(39-29(16)38)19-11-8-12-19/h3-7,9-10,13-14,16-17,19,21,23-25,33-34H,8,11-12,15H2,1-2H3,(H,30,37)(H,31,36)(H,32,35). The average Bonchev–Trinajstić information content (AvgIpc) is 2.89. The lowest BCUT2D eigenvalue weighted by molar-refractivity contribution is -0.169. The number of carbonyl (C=O) groups is 4. The fraction of sp³-hybridized carbons (Fsp3) is 0.448. The zero-order valence-electron chi connectivity index (χ0n) is 22.0. The summed E-state index contributed by atoms with van der Waals surface area (Å²) in [5.41, 5.74) is 0.781. The van der Waals surface area contributed by atoms with Crippen LogP contribution in [0.2, 0.25) is 0 Å². The van der Waals surface area contributed by atoms with Gasteiger partial charge in [0.2, 0.25) is 5.91 Å². The van der Waals surface area contributed by atoms with Gasteiger partial charge < -0.3 is 30.9 Å². The van der Waals surface area contributed by atoms with Crippen molar-refractivity contribution in [3.63, 3.8) is 0 Å². The number of nitrogens with one attached hydrogen (secondary N) is 3. The molecule has 1 saturated carbocycles. The minimum Gasteiger partial charge on any atom is -0.507 e. The van der Waals surface area contributed by atoms with Crippen LogP contribution in [0, 0.1) is 11.8 Å². The van der Waals surface area contributed by atoms with E-state index in [2.05, 4.69) is 16.0 Å². The molecule has 4 rings (SSSR count). The maximum atomic E-state index is 13.6. The van der Waals surface area contributed by atoms with Crippen LogP contribution in [0.1, 0.15) is 49.0 Å². The molecule has 0 bridgehead atoms. The van der Waals surface area contributed by atoms with E-state index in [-0.39, 0.29) is 23.7 Å². The summed E-state index contributed by atoms with van der Waals surface area (Å²) in [5.74, 6) is -4.14. The summed E-state index contributed by atoms with van der Waals surface area (Å²) in [6, 6.07) is 12.0. The van der Waals surface area contributed by atoms with Gasteiger partial charge in [0, 0.05) is 5.92 Å². The molecule has 39 heavy (non-hydrogen) atoms. The number of esters is 1. The van der Waals surface area contributed by atoms with E-state index in [9.17, 15) is 29.4 Å². The summed E-state index contributed by atoms with van der Waals surface area (Å²) in [7, 11) is 0. The molecule has 5 N–H and O–H groups in total. The predicted molar refractivity (Wildman–Crippen MR) is 141 cm³/mol. The van der Waals surface area contributed by atoms with Crippen molar-refractivity contribution in [2.24, 2.45) is 11.8 Å². The smallest absolute Gasteiger partial charge is 0.312 e. The molecule has 0 aromatic heterocycles. The van der Waals surface area contributed by atoms with E-state index in [0.29, 0.717) is 12.8 Å². The third-order valence-electron chi connectivity index (χ3n) is 7.59. The van der Waals surface area contributed by atoms with E-state index in [0.717, 1.165) is 12.0 Å². The molecule has 1 aliphatic heterocycles. The first-order valence-corrected chi connectivity index (χ1v) is 13.3. The molecule has 0 spiro atoms. The summed E-state index contributed by atoms with van der Waals surface area (Å²) in [6.07, 6.45) is 0.116. The maximum absolute atomic E-state index is 13.6. The van der Waals surface area contributed by atoms with Gasteiger partial charge in [0.1, 0.15) is 11.8 Å². The fourth-order valence-corrected chi connectivity index (χ4v) is 4.92. The van der Waals surface area contributed by atoms with Gasteiger partial charge in [0.05, 0.1) is 29.7 Å². The Balaban J connectivity index is 1.67. The minimum atomic E-state index is -1.34. The Kier molecular flexibility index (Phi) is 8.86. The summed E-state index contributed by atoms with van der Waals surface area (Å²) in [4.78, 5) is 53.0. The number of phenols is 1. The summed E-state index contributed by atoms with van der Waals surface area (Å²) < 4.78 is 5.65. The summed E-state index contributed by atoms with van der Waals surface area (Å²) in [5, 5.41) is 29.5. The molecular weight excluding hydrogens is 502 g/mol. The number of carbonyl (C=O) groups excluding carboxylic acids is 4. The topological polar surface area (TPSA) is 154 Å². The van der Waals surface area contributed by atoms with Crippen LogP contribution in [0.3, 0.4) is 0 Å². The Morgan fingerprint density at radius 3 is 2.28 bits per heavy atom.